The predicted molar refractivity (Wildman–Crippen MR) is 116 cm³/mol. The van der Waals surface area contributed by atoms with Gasteiger partial charge in [0.15, 0.2) is 0 Å². The van der Waals surface area contributed by atoms with Gasteiger partial charge in [-0.25, -0.2) is 4.98 Å². The topological polar surface area (TPSA) is 49.6 Å². The lowest BCUT2D eigenvalue weighted by atomic mass is 10.1. The summed E-state index contributed by atoms with van der Waals surface area (Å²) in [4.78, 5) is 13.8. The molecular formula is C23H26N6. The zero-order valence-electron chi connectivity index (χ0n) is 16.8. The molecule has 6 heteroatoms. The van der Waals surface area contributed by atoms with Crippen molar-refractivity contribution in [3.05, 3.63) is 60.1 Å². The molecule has 1 atom stereocenters. The number of hydrogen-bond acceptors (Lipinski definition) is 6. The van der Waals surface area contributed by atoms with E-state index in [1.54, 1.807) is 6.20 Å². The van der Waals surface area contributed by atoms with Crippen molar-refractivity contribution in [2.45, 2.75) is 6.42 Å². The summed E-state index contributed by atoms with van der Waals surface area (Å²) in [6.45, 7) is 5.89. The van der Waals surface area contributed by atoms with Gasteiger partial charge < -0.3 is 19.6 Å². The first-order valence-electron chi connectivity index (χ1n) is 10.4. The summed E-state index contributed by atoms with van der Waals surface area (Å²) in [6, 6.07) is 14.9. The molecule has 4 heterocycles. The normalized spacial score (nSPS) is 21.2. The van der Waals surface area contributed by atoms with Gasteiger partial charge in [-0.3, -0.25) is 0 Å². The molecule has 3 aliphatic heterocycles. The van der Waals surface area contributed by atoms with Crippen molar-refractivity contribution >= 4 is 17.2 Å². The fourth-order valence-corrected chi connectivity index (χ4v) is 4.80. The Morgan fingerprint density at radius 3 is 2.45 bits per heavy atom. The van der Waals surface area contributed by atoms with Crippen LogP contribution < -0.4 is 14.7 Å². The number of anilines is 3. The summed E-state index contributed by atoms with van der Waals surface area (Å²) in [5, 5.41) is 9.33. The Balaban J connectivity index is 1.25. The van der Waals surface area contributed by atoms with Crippen LogP contribution in [0.5, 0.6) is 0 Å². The fraction of sp³-hybridized carbons (Fsp3) is 0.391. The average molecular weight is 387 g/mol. The number of pyridine rings is 1. The second-order valence-corrected chi connectivity index (χ2v) is 8.11. The minimum atomic E-state index is 0.654. The third kappa shape index (κ3) is 3.27. The molecule has 0 saturated carbocycles. The summed E-state index contributed by atoms with van der Waals surface area (Å²) in [6.07, 6.45) is 5.32. The Bertz CT molecular complexity index is 952. The van der Waals surface area contributed by atoms with Crippen molar-refractivity contribution in [2.24, 2.45) is 5.92 Å². The van der Waals surface area contributed by atoms with Crippen LogP contribution >= 0.6 is 0 Å². The monoisotopic (exact) mass is 386 g/mol. The van der Waals surface area contributed by atoms with E-state index >= 15 is 0 Å². The predicted octanol–water partition coefficient (Wildman–Crippen LogP) is 2.89. The molecule has 2 fully saturated rings. The van der Waals surface area contributed by atoms with Gasteiger partial charge in [0, 0.05) is 81.7 Å². The second kappa shape index (κ2) is 7.32. The minimum Gasteiger partial charge on any atom is -0.378 e. The van der Waals surface area contributed by atoms with Crippen molar-refractivity contribution < 1.29 is 0 Å². The highest BCUT2D eigenvalue weighted by Crippen LogP contribution is 2.37. The Morgan fingerprint density at radius 2 is 1.69 bits per heavy atom. The first-order valence-corrected chi connectivity index (χ1v) is 10.4. The molecule has 2 saturated heterocycles. The van der Waals surface area contributed by atoms with Crippen molar-refractivity contribution in [3.63, 3.8) is 0 Å². The van der Waals surface area contributed by atoms with Gasteiger partial charge in [0.25, 0.3) is 0 Å². The van der Waals surface area contributed by atoms with Gasteiger partial charge >= 0.3 is 0 Å². The first-order chi connectivity index (χ1) is 14.2. The lowest BCUT2D eigenvalue weighted by Gasteiger charge is -2.37. The van der Waals surface area contributed by atoms with Gasteiger partial charge in [-0.1, -0.05) is 0 Å². The quantitative estimate of drug-likeness (QED) is 0.809. The number of hydrogen-bond donors (Lipinski definition) is 0. The number of fused-ring (bicyclic) bond motifs is 1. The van der Waals surface area contributed by atoms with E-state index in [1.165, 1.54) is 23.5 Å². The maximum Gasteiger partial charge on any atom is 0.146 e. The molecule has 2 aromatic rings. The Morgan fingerprint density at radius 1 is 0.966 bits per heavy atom. The molecule has 0 aliphatic carbocycles. The molecule has 0 bridgehead atoms. The Kier molecular flexibility index (Phi) is 4.51. The lowest BCUT2D eigenvalue weighted by molar-refractivity contribution is 0.433. The van der Waals surface area contributed by atoms with Gasteiger partial charge in [0.2, 0.25) is 0 Å². The number of nitrogens with zero attached hydrogens (tertiary/aromatic N) is 6. The number of nitriles is 1. The van der Waals surface area contributed by atoms with Crippen LogP contribution in [0.15, 0.2) is 54.5 Å². The van der Waals surface area contributed by atoms with Crippen LogP contribution in [0.25, 0.3) is 0 Å². The van der Waals surface area contributed by atoms with E-state index in [1.807, 2.05) is 12.1 Å². The number of piperazine rings is 1. The summed E-state index contributed by atoms with van der Waals surface area (Å²) in [7, 11) is 2.16. The molecular weight excluding hydrogens is 360 g/mol. The van der Waals surface area contributed by atoms with Crippen molar-refractivity contribution in [3.8, 4) is 6.07 Å². The van der Waals surface area contributed by atoms with E-state index in [0.717, 1.165) is 45.1 Å². The van der Waals surface area contributed by atoms with Gasteiger partial charge in [0.1, 0.15) is 11.9 Å². The zero-order valence-corrected chi connectivity index (χ0v) is 16.8. The van der Waals surface area contributed by atoms with E-state index in [-0.39, 0.29) is 0 Å². The Labute approximate surface area is 172 Å². The third-order valence-corrected chi connectivity index (χ3v) is 6.31. The molecule has 5 rings (SSSR count). The van der Waals surface area contributed by atoms with Gasteiger partial charge in [0.05, 0.1) is 5.56 Å². The third-order valence-electron chi connectivity index (χ3n) is 6.31. The maximum absolute atomic E-state index is 9.33. The van der Waals surface area contributed by atoms with Crippen LogP contribution in [-0.2, 0) is 0 Å². The highest BCUT2D eigenvalue weighted by Gasteiger charge is 2.33. The van der Waals surface area contributed by atoms with Crippen molar-refractivity contribution in [1.29, 1.82) is 5.26 Å². The van der Waals surface area contributed by atoms with Gasteiger partial charge in [-0.15, -0.1) is 0 Å². The molecule has 0 radical (unpaired) electrons. The highest BCUT2D eigenvalue weighted by molar-refractivity contribution is 5.61. The maximum atomic E-state index is 9.33. The molecule has 1 aromatic heterocycles. The van der Waals surface area contributed by atoms with Crippen LogP contribution in [0.1, 0.15) is 12.0 Å². The van der Waals surface area contributed by atoms with Crippen LogP contribution in [0, 0.1) is 17.2 Å². The minimum absolute atomic E-state index is 0.654. The molecule has 148 valence electrons. The molecule has 0 spiro atoms. The van der Waals surface area contributed by atoms with Crippen LogP contribution in [0.2, 0.25) is 0 Å². The SMILES string of the molecule is CN1C=C2C(CCN2c2ccc(N3CCN(c4ncccc4C#N)CC3)cc2)C1. The standard InChI is InChI=1S/C23H26N6/c1-26-16-19-8-10-29(22(19)17-26)21-6-4-20(5-7-21)27-11-13-28(14-12-27)23-18(15-24)3-2-9-25-23/h2-7,9,17,19H,8,10-14,16H2,1H3. The van der Waals surface area contributed by atoms with Crippen LogP contribution in [0.3, 0.4) is 0 Å². The van der Waals surface area contributed by atoms with Crippen molar-refractivity contribution in [1.82, 2.24) is 9.88 Å². The molecule has 29 heavy (non-hydrogen) atoms. The lowest BCUT2D eigenvalue weighted by Crippen LogP contribution is -2.47. The van der Waals surface area contributed by atoms with Crippen LogP contribution in [-0.4, -0.2) is 56.2 Å². The molecule has 1 unspecified atom stereocenters. The summed E-state index contributed by atoms with van der Waals surface area (Å²) in [5.41, 5.74) is 4.69. The first kappa shape index (κ1) is 17.9. The van der Waals surface area contributed by atoms with E-state index in [0.29, 0.717) is 11.5 Å². The van der Waals surface area contributed by atoms with E-state index < -0.39 is 0 Å². The van der Waals surface area contributed by atoms with Crippen LogP contribution in [0.4, 0.5) is 17.2 Å². The molecule has 0 N–H and O–H groups in total. The van der Waals surface area contributed by atoms with Gasteiger partial charge in [-0.05, 0) is 42.8 Å². The van der Waals surface area contributed by atoms with Crippen molar-refractivity contribution in [2.75, 3.05) is 61.0 Å². The second-order valence-electron chi connectivity index (χ2n) is 8.11. The summed E-state index contributed by atoms with van der Waals surface area (Å²) in [5.74, 6) is 1.50. The van der Waals surface area contributed by atoms with E-state index in [9.17, 15) is 5.26 Å². The zero-order chi connectivity index (χ0) is 19.8. The van der Waals surface area contributed by atoms with E-state index in [2.05, 4.69) is 68.2 Å². The molecule has 1 aromatic carbocycles. The fourth-order valence-electron chi connectivity index (χ4n) is 4.80. The Hall–Kier alpha value is -3.20. The molecule has 0 amide bonds. The highest BCUT2D eigenvalue weighted by atomic mass is 15.3. The summed E-state index contributed by atoms with van der Waals surface area (Å²) < 4.78 is 0. The number of rotatable bonds is 3. The average Bonchev–Trinajstić information content (AvgIpc) is 3.33. The number of benzene rings is 1. The molecule has 6 nitrogen and oxygen atoms in total. The largest absolute Gasteiger partial charge is 0.378 e. The molecule has 3 aliphatic rings. The van der Waals surface area contributed by atoms with Gasteiger partial charge in [-0.2, -0.15) is 5.26 Å². The van der Waals surface area contributed by atoms with E-state index in [4.69, 9.17) is 0 Å². The smallest absolute Gasteiger partial charge is 0.146 e. The summed E-state index contributed by atoms with van der Waals surface area (Å²) >= 11 is 0. The number of aromatic nitrogens is 1.